The van der Waals surface area contributed by atoms with Gasteiger partial charge in [0.2, 0.25) is 0 Å². The summed E-state index contributed by atoms with van der Waals surface area (Å²) in [5, 5.41) is 3.39. The number of hydrogen-bond donors (Lipinski definition) is 1. The Labute approximate surface area is 110 Å². The Bertz CT molecular complexity index is 416. The number of rotatable bonds is 1. The predicted octanol–water partition coefficient (Wildman–Crippen LogP) is 1.67. The molecule has 1 aliphatic heterocycles. The van der Waals surface area contributed by atoms with Crippen molar-refractivity contribution in [3.63, 3.8) is 0 Å². The summed E-state index contributed by atoms with van der Waals surface area (Å²) in [5.74, 6) is 0.0552. The number of amides is 1. The predicted molar refractivity (Wildman–Crippen MR) is 69.9 cm³/mol. The molecule has 0 spiro atoms. The van der Waals surface area contributed by atoms with Crippen molar-refractivity contribution in [2.24, 2.45) is 0 Å². The van der Waals surface area contributed by atoms with Crippen molar-refractivity contribution in [1.29, 1.82) is 0 Å². The lowest BCUT2D eigenvalue weighted by molar-refractivity contribution is 0.0651. The molecule has 92 valence electrons. The van der Waals surface area contributed by atoms with E-state index in [0.717, 1.165) is 24.2 Å². The fourth-order valence-corrected chi connectivity index (χ4v) is 2.23. The van der Waals surface area contributed by atoms with E-state index in [1.54, 1.807) is 18.3 Å². The van der Waals surface area contributed by atoms with E-state index in [1.165, 1.54) is 0 Å². The first kappa shape index (κ1) is 12.5. The molecule has 5 heteroatoms. The zero-order valence-corrected chi connectivity index (χ0v) is 11.6. The normalized spacial score (nSPS) is 19.1. The summed E-state index contributed by atoms with van der Waals surface area (Å²) in [7, 11) is 0. The SMILES string of the molecule is CC1(C)CN(C(=O)c2ccc(Br)nc2)CCN1. The molecule has 2 rings (SSSR count). The Kier molecular flexibility index (Phi) is 3.49. The van der Waals surface area contributed by atoms with Gasteiger partial charge in [0.25, 0.3) is 5.91 Å². The third-order valence-electron chi connectivity index (χ3n) is 2.83. The number of hydrogen-bond acceptors (Lipinski definition) is 3. The van der Waals surface area contributed by atoms with Gasteiger partial charge < -0.3 is 10.2 Å². The molecular weight excluding hydrogens is 282 g/mol. The fourth-order valence-electron chi connectivity index (χ4n) is 2.00. The van der Waals surface area contributed by atoms with Gasteiger partial charge in [-0.1, -0.05) is 0 Å². The number of nitrogens with zero attached hydrogens (tertiary/aromatic N) is 2. The Morgan fingerprint density at radius 3 is 2.88 bits per heavy atom. The van der Waals surface area contributed by atoms with Crippen molar-refractivity contribution in [3.8, 4) is 0 Å². The van der Waals surface area contributed by atoms with Gasteiger partial charge in [-0.2, -0.15) is 0 Å². The number of piperazine rings is 1. The van der Waals surface area contributed by atoms with E-state index in [4.69, 9.17) is 0 Å². The molecule has 1 amide bonds. The smallest absolute Gasteiger partial charge is 0.255 e. The molecule has 1 fully saturated rings. The maximum absolute atomic E-state index is 12.2. The standard InChI is InChI=1S/C12H16BrN3O/c1-12(2)8-16(6-5-15-12)11(17)9-3-4-10(13)14-7-9/h3-4,7,15H,5-6,8H2,1-2H3. The van der Waals surface area contributed by atoms with Gasteiger partial charge in [0.15, 0.2) is 0 Å². The second-order valence-corrected chi connectivity index (χ2v) is 5.72. The number of carbonyl (C=O) groups excluding carboxylic acids is 1. The molecule has 1 aromatic heterocycles. The van der Waals surface area contributed by atoms with Crippen LogP contribution in [0.1, 0.15) is 24.2 Å². The van der Waals surface area contributed by atoms with Crippen LogP contribution in [-0.2, 0) is 0 Å². The number of pyridine rings is 1. The van der Waals surface area contributed by atoms with Gasteiger partial charge in [-0.05, 0) is 41.9 Å². The molecule has 0 radical (unpaired) electrons. The van der Waals surface area contributed by atoms with Gasteiger partial charge in [-0.25, -0.2) is 4.98 Å². The van der Waals surface area contributed by atoms with Crippen LogP contribution < -0.4 is 5.32 Å². The molecule has 0 saturated carbocycles. The topological polar surface area (TPSA) is 45.2 Å². The van der Waals surface area contributed by atoms with Crippen molar-refractivity contribution in [2.45, 2.75) is 19.4 Å². The zero-order chi connectivity index (χ0) is 12.5. The second-order valence-electron chi connectivity index (χ2n) is 4.91. The first-order chi connectivity index (χ1) is 7.98. The average Bonchev–Trinajstić information content (AvgIpc) is 2.28. The second kappa shape index (κ2) is 4.74. The molecule has 0 unspecified atom stereocenters. The van der Waals surface area contributed by atoms with E-state index in [0.29, 0.717) is 5.56 Å². The van der Waals surface area contributed by atoms with Gasteiger partial charge in [0.1, 0.15) is 4.60 Å². The fraction of sp³-hybridized carbons (Fsp3) is 0.500. The van der Waals surface area contributed by atoms with Crippen LogP contribution in [-0.4, -0.2) is 41.0 Å². The highest BCUT2D eigenvalue weighted by molar-refractivity contribution is 9.10. The maximum atomic E-state index is 12.2. The largest absolute Gasteiger partial charge is 0.335 e. The van der Waals surface area contributed by atoms with Crippen LogP contribution in [0.4, 0.5) is 0 Å². The van der Waals surface area contributed by atoms with Gasteiger partial charge in [-0.3, -0.25) is 4.79 Å². The van der Waals surface area contributed by atoms with Crippen LogP contribution in [0.25, 0.3) is 0 Å². The molecule has 0 aliphatic carbocycles. The molecular formula is C12H16BrN3O. The van der Waals surface area contributed by atoms with Gasteiger partial charge in [-0.15, -0.1) is 0 Å². The van der Waals surface area contributed by atoms with E-state index >= 15 is 0 Å². The van der Waals surface area contributed by atoms with Gasteiger partial charge in [0.05, 0.1) is 5.56 Å². The molecule has 1 aliphatic rings. The lowest BCUT2D eigenvalue weighted by Crippen LogP contribution is -2.58. The highest BCUT2D eigenvalue weighted by atomic mass is 79.9. The number of aromatic nitrogens is 1. The van der Waals surface area contributed by atoms with Crippen LogP contribution in [0, 0.1) is 0 Å². The van der Waals surface area contributed by atoms with Crippen LogP contribution in [0.5, 0.6) is 0 Å². The first-order valence-corrected chi connectivity index (χ1v) is 6.43. The van der Waals surface area contributed by atoms with Crippen molar-refractivity contribution < 1.29 is 4.79 Å². The van der Waals surface area contributed by atoms with Crippen LogP contribution in [0.15, 0.2) is 22.9 Å². The maximum Gasteiger partial charge on any atom is 0.255 e. The zero-order valence-electron chi connectivity index (χ0n) is 10.0. The Morgan fingerprint density at radius 1 is 1.53 bits per heavy atom. The molecule has 0 aromatic carbocycles. The van der Waals surface area contributed by atoms with E-state index in [9.17, 15) is 4.79 Å². The lowest BCUT2D eigenvalue weighted by Gasteiger charge is -2.39. The lowest BCUT2D eigenvalue weighted by atomic mass is 10.0. The van der Waals surface area contributed by atoms with E-state index in [-0.39, 0.29) is 11.4 Å². The monoisotopic (exact) mass is 297 g/mol. The van der Waals surface area contributed by atoms with Crippen LogP contribution in [0.2, 0.25) is 0 Å². The summed E-state index contributed by atoms with van der Waals surface area (Å²) in [6.45, 7) is 6.52. The Balaban J connectivity index is 2.12. The van der Waals surface area contributed by atoms with Crippen LogP contribution >= 0.6 is 15.9 Å². The van der Waals surface area contributed by atoms with E-state index in [1.807, 2.05) is 4.90 Å². The molecule has 1 N–H and O–H groups in total. The molecule has 1 aromatic rings. The quantitative estimate of drug-likeness (QED) is 0.802. The minimum absolute atomic E-state index is 0.0172. The Morgan fingerprint density at radius 2 is 2.29 bits per heavy atom. The summed E-state index contributed by atoms with van der Waals surface area (Å²) < 4.78 is 0.745. The first-order valence-electron chi connectivity index (χ1n) is 5.64. The molecule has 17 heavy (non-hydrogen) atoms. The molecule has 2 heterocycles. The number of nitrogens with one attached hydrogen (secondary N) is 1. The Hall–Kier alpha value is -0.940. The van der Waals surface area contributed by atoms with Gasteiger partial charge in [0, 0.05) is 31.4 Å². The highest BCUT2D eigenvalue weighted by Gasteiger charge is 2.29. The van der Waals surface area contributed by atoms with Crippen molar-refractivity contribution in [1.82, 2.24) is 15.2 Å². The number of carbonyl (C=O) groups is 1. The third kappa shape index (κ3) is 3.04. The van der Waals surface area contributed by atoms with Gasteiger partial charge >= 0.3 is 0 Å². The minimum Gasteiger partial charge on any atom is -0.335 e. The molecule has 1 saturated heterocycles. The number of halogens is 1. The minimum atomic E-state index is -0.0172. The van der Waals surface area contributed by atoms with Crippen molar-refractivity contribution in [2.75, 3.05) is 19.6 Å². The van der Waals surface area contributed by atoms with E-state index in [2.05, 4.69) is 40.1 Å². The highest BCUT2D eigenvalue weighted by Crippen LogP contribution is 2.14. The molecule has 4 nitrogen and oxygen atoms in total. The van der Waals surface area contributed by atoms with E-state index < -0.39 is 0 Å². The third-order valence-corrected chi connectivity index (χ3v) is 3.30. The van der Waals surface area contributed by atoms with Crippen LogP contribution in [0.3, 0.4) is 0 Å². The molecule has 0 atom stereocenters. The van der Waals surface area contributed by atoms with Crippen molar-refractivity contribution in [3.05, 3.63) is 28.5 Å². The average molecular weight is 298 g/mol. The van der Waals surface area contributed by atoms with Crippen molar-refractivity contribution >= 4 is 21.8 Å². The summed E-state index contributed by atoms with van der Waals surface area (Å²) in [6.07, 6.45) is 1.61. The summed E-state index contributed by atoms with van der Waals surface area (Å²) in [6, 6.07) is 3.59. The summed E-state index contributed by atoms with van der Waals surface area (Å²) in [5.41, 5.74) is 0.627. The summed E-state index contributed by atoms with van der Waals surface area (Å²) >= 11 is 3.26. The summed E-state index contributed by atoms with van der Waals surface area (Å²) in [4.78, 5) is 18.2. The molecule has 0 bridgehead atoms.